The van der Waals surface area contributed by atoms with E-state index in [9.17, 15) is 36.0 Å². The topological polar surface area (TPSA) is 199 Å². The number of sulfonamides is 1. The summed E-state index contributed by atoms with van der Waals surface area (Å²) in [6.45, 7) is 8.97. The lowest BCUT2D eigenvalue weighted by Crippen LogP contribution is -2.58. The van der Waals surface area contributed by atoms with Gasteiger partial charge in [-0.1, -0.05) is 62.7 Å². The number of halogens is 4. The minimum absolute atomic E-state index is 0.0276. The first kappa shape index (κ1) is 41.9. The average molecular weight is 881 g/mol. The monoisotopic (exact) mass is 880 g/mol. The molecule has 3 amide bonds. The van der Waals surface area contributed by atoms with Gasteiger partial charge in [-0.25, -0.2) is 23.4 Å². The molecule has 0 unspecified atom stereocenters. The fraction of sp³-hybridized carbons (Fsp3) is 0.390. The van der Waals surface area contributed by atoms with Crippen molar-refractivity contribution in [2.45, 2.75) is 81.6 Å². The summed E-state index contributed by atoms with van der Waals surface area (Å²) >= 11 is 6.13. The molecule has 320 valence electrons. The van der Waals surface area contributed by atoms with Gasteiger partial charge in [0, 0.05) is 29.5 Å². The number of carbonyl (C=O) groups excluding carboxylic acids is 3. The van der Waals surface area contributed by atoms with E-state index in [-0.39, 0.29) is 53.3 Å². The summed E-state index contributed by atoms with van der Waals surface area (Å²) in [6.07, 6.45) is -1.89. The third kappa shape index (κ3) is 8.32. The molecule has 15 nitrogen and oxygen atoms in total. The number of aromatic nitrogens is 4. The van der Waals surface area contributed by atoms with Gasteiger partial charge in [0.15, 0.2) is 5.82 Å². The van der Waals surface area contributed by atoms with Crippen molar-refractivity contribution in [1.82, 2.24) is 34.9 Å². The highest BCUT2D eigenvalue weighted by Gasteiger charge is 2.62. The normalized spacial score (nSPS) is 22.1. The van der Waals surface area contributed by atoms with Crippen LogP contribution in [0.15, 0.2) is 77.9 Å². The van der Waals surface area contributed by atoms with E-state index in [1.165, 1.54) is 35.4 Å². The van der Waals surface area contributed by atoms with Crippen LogP contribution in [0.25, 0.3) is 33.5 Å². The van der Waals surface area contributed by atoms with Crippen LogP contribution < -0.4 is 20.1 Å². The van der Waals surface area contributed by atoms with Crippen molar-refractivity contribution >= 4 is 67.4 Å². The van der Waals surface area contributed by atoms with Crippen LogP contribution >= 0.6 is 11.6 Å². The van der Waals surface area contributed by atoms with Crippen molar-refractivity contribution in [3.05, 3.63) is 84.2 Å². The van der Waals surface area contributed by atoms with E-state index in [2.05, 4.69) is 41.9 Å². The lowest BCUT2D eigenvalue weighted by atomic mass is 9.85. The first-order chi connectivity index (χ1) is 28.8. The van der Waals surface area contributed by atoms with Crippen molar-refractivity contribution in [3.8, 4) is 17.3 Å². The lowest BCUT2D eigenvalue weighted by Gasteiger charge is -2.35. The molecule has 3 aromatic heterocycles. The number of nitrogens with one attached hydrogen (secondary N) is 3. The Morgan fingerprint density at radius 3 is 2.41 bits per heavy atom. The molecular formula is C41H40ClF3N8O7S. The van der Waals surface area contributed by atoms with Crippen molar-refractivity contribution in [2.75, 3.05) is 11.9 Å². The molecule has 2 aliphatic carbocycles. The number of para-hydroxylation sites is 1. The number of carbonyl (C=O) groups is 3. The van der Waals surface area contributed by atoms with Crippen LogP contribution in [-0.4, -0.2) is 86.5 Å². The van der Waals surface area contributed by atoms with Gasteiger partial charge >= 0.3 is 6.18 Å². The van der Waals surface area contributed by atoms with E-state index in [0.717, 1.165) is 12.1 Å². The van der Waals surface area contributed by atoms with E-state index in [1.807, 2.05) is 0 Å². The first-order valence-electron chi connectivity index (χ1n) is 19.4. The molecule has 0 bridgehead atoms. The number of nitrogens with zero attached hydrogens (tertiary/aromatic N) is 5. The number of hydrogen-bond donors (Lipinski definition) is 3. The van der Waals surface area contributed by atoms with Gasteiger partial charge in [0.2, 0.25) is 33.4 Å². The van der Waals surface area contributed by atoms with Gasteiger partial charge in [-0.3, -0.25) is 19.1 Å². The number of amides is 3. The molecule has 20 heteroatoms. The van der Waals surface area contributed by atoms with Crippen molar-refractivity contribution in [2.24, 2.45) is 11.3 Å². The van der Waals surface area contributed by atoms with E-state index in [0.29, 0.717) is 29.3 Å². The van der Waals surface area contributed by atoms with Gasteiger partial charge in [-0.15, -0.1) is 6.58 Å². The maximum absolute atomic E-state index is 14.8. The number of hydrogen-bond acceptors (Lipinski definition) is 12. The average Bonchev–Trinajstić information content (AvgIpc) is 4.11. The number of ether oxygens (including phenoxy) is 1. The van der Waals surface area contributed by atoms with E-state index >= 15 is 0 Å². The Bertz CT molecular complexity index is 2690. The molecule has 1 saturated heterocycles. The molecule has 3 N–H and O–H groups in total. The number of likely N-dealkylation sites (tertiary alicyclic amines) is 1. The van der Waals surface area contributed by atoms with Crippen molar-refractivity contribution < 1.29 is 45.1 Å². The van der Waals surface area contributed by atoms with Crippen molar-refractivity contribution in [3.63, 3.8) is 0 Å². The Morgan fingerprint density at radius 1 is 1.05 bits per heavy atom. The molecule has 3 aliphatic rings. The number of alkyl halides is 3. The number of fused-ring (bicyclic) bond motifs is 3. The summed E-state index contributed by atoms with van der Waals surface area (Å²) in [7, 11) is -3.97. The van der Waals surface area contributed by atoms with Crippen LogP contribution in [0.5, 0.6) is 5.88 Å². The minimum atomic E-state index is -4.57. The zero-order valence-corrected chi connectivity index (χ0v) is 34.6. The summed E-state index contributed by atoms with van der Waals surface area (Å²) in [5.41, 5.74) is -2.20. The smallest absolute Gasteiger partial charge is 0.416 e. The zero-order chi connectivity index (χ0) is 43.6. The number of benzene rings is 2. The Hall–Kier alpha value is -5.82. The minimum Gasteiger partial charge on any atom is -0.470 e. The Kier molecular flexibility index (Phi) is 10.5. The molecule has 2 saturated carbocycles. The predicted octanol–water partition coefficient (Wildman–Crippen LogP) is 6.05. The molecule has 3 fully saturated rings. The second-order valence-corrected chi connectivity index (χ2v) is 18.9. The fourth-order valence-corrected chi connectivity index (χ4v) is 8.98. The quantitative estimate of drug-likeness (QED) is 0.0971. The molecule has 4 heterocycles. The highest BCUT2D eigenvalue weighted by molar-refractivity contribution is 7.91. The summed E-state index contributed by atoms with van der Waals surface area (Å²) in [5.74, 6) is -2.83. The summed E-state index contributed by atoms with van der Waals surface area (Å²) in [6, 6.07) is 10.4. The molecule has 1 aliphatic heterocycles. The van der Waals surface area contributed by atoms with Gasteiger partial charge in [0.1, 0.15) is 40.0 Å². The molecule has 8 rings (SSSR count). The van der Waals surface area contributed by atoms with Crippen LogP contribution in [0.2, 0.25) is 5.15 Å². The van der Waals surface area contributed by atoms with Gasteiger partial charge in [-0.05, 0) is 55.0 Å². The van der Waals surface area contributed by atoms with Gasteiger partial charge in [-0.2, -0.15) is 18.2 Å². The maximum Gasteiger partial charge on any atom is 0.416 e. The molecule has 0 radical (unpaired) electrons. The lowest BCUT2D eigenvalue weighted by molar-refractivity contribution is -0.141. The Labute approximate surface area is 352 Å². The van der Waals surface area contributed by atoms with Crippen molar-refractivity contribution in [1.29, 1.82) is 0 Å². The molecular weight excluding hydrogens is 841 g/mol. The van der Waals surface area contributed by atoms with Crippen LogP contribution in [0.4, 0.5) is 19.1 Å². The SMILES string of the molecule is C=C[C@@H]1C[C@]1(NC(=O)[C@@H]1C[C@@H](Oc2nc(-c3ccc(C(F)(F)F)cc3)nc3c2oc2ccccc23)CN1C(=O)[C@@H](Nc1nccc(Cl)n1)C(C)(C)C)C(=O)NS(=O)(=O)C1CC1. The Balaban J connectivity index is 1.15. The molecule has 5 atom stereocenters. The fourth-order valence-electron chi connectivity index (χ4n) is 7.48. The number of rotatable bonds is 12. The van der Waals surface area contributed by atoms with E-state index < -0.39 is 79.8 Å². The number of furan rings is 1. The van der Waals surface area contributed by atoms with E-state index in [4.69, 9.17) is 20.8 Å². The van der Waals surface area contributed by atoms with Crippen LogP contribution in [-0.2, 0) is 30.6 Å². The first-order valence-corrected chi connectivity index (χ1v) is 21.3. The Morgan fingerprint density at radius 2 is 1.77 bits per heavy atom. The molecule has 0 spiro atoms. The summed E-state index contributed by atoms with van der Waals surface area (Å²) in [5, 5.41) is 5.82. The third-order valence-corrected chi connectivity index (χ3v) is 13.1. The summed E-state index contributed by atoms with van der Waals surface area (Å²) < 4.78 is 80.8. The third-order valence-electron chi connectivity index (χ3n) is 11.0. The predicted molar refractivity (Wildman–Crippen MR) is 217 cm³/mol. The second kappa shape index (κ2) is 15.3. The van der Waals surface area contributed by atoms with Gasteiger partial charge < -0.3 is 24.7 Å². The summed E-state index contributed by atoms with van der Waals surface area (Å²) in [4.78, 5) is 61.9. The van der Waals surface area contributed by atoms with Crippen LogP contribution in [0.1, 0.15) is 52.0 Å². The largest absolute Gasteiger partial charge is 0.470 e. The molecule has 61 heavy (non-hydrogen) atoms. The highest BCUT2D eigenvalue weighted by atomic mass is 35.5. The standard InChI is InChI=1S/C41H40ClF3N8O7S/c1-5-22-19-40(22,37(56)52-61(57,58)25-14-15-25)51-34(54)27-18-24(20-53(27)36(55)32(39(2,3)4)49-38-46-17-16-29(42)47-38)59-35-31-30(26-8-6-7-9-28(26)60-31)48-33(50-35)21-10-12-23(13-11-21)41(43,44)45/h5-13,16-17,22,24-25,27,32H,1,14-15,18-20H2,2-4H3,(H,51,54)(H,52,56)(H,46,47,49)/t22-,24-,27+,32-,40-/m1/s1. The van der Waals surface area contributed by atoms with Crippen LogP contribution in [0, 0.1) is 11.3 Å². The molecule has 5 aromatic rings. The number of anilines is 1. The maximum atomic E-state index is 14.8. The second-order valence-electron chi connectivity index (χ2n) is 16.5. The van der Waals surface area contributed by atoms with Crippen LogP contribution in [0.3, 0.4) is 0 Å². The highest BCUT2D eigenvalue weighted by Crippen LogP contribution is 2.46. The van der Waals surface area contributed by atoms with E-state index in [1.54, 1.807) is 45.0 Å². The van der Waals surface area contributed by atoms with Gasteiger partial charge in [0.25, 0.3) is 11.8 Å². The van der Waals surface area contributed by atoms with Gasteiger partial charge in [0.05, 0.1) is 17.4 Å². The molecule has 2 aromatic carbocycles. The zero-order valence-electron chi connectivity index (χ0n) is 33.0.